The molecule has 1 unspecified atom stereocenters. The second kappa shape index (κ2) is 6.16. The average Bonchev–Trinajstić information content (AvgIpc) is 2.27. The minimum absolute atomic E-state index is 0.247. The molecule has 1 rings (SSSR count). The number of nitrogens with two attached hydrogens (primary N) is 1. The zero-order valence-electron chi connectivity index (χ0n) is 10.2. The Morgan fingerprint density at radius 2 is 2.06 bits per heavy atom. The number of thioether (sulfide) groups is 1. The number of aliphatic hydroxyl groups excluding tert-OH is 1. The molecule has 0 aliphatic carbocycles. The van der Waals surface area contributed by atoms with Crippen molar-refractivity contribution < 1.29 is 5.11 Å². The monoisotopic (exact) mass is 239 g/mol. The van der Waals surface area contributed by atoms with Gasteiger partial charge in [0.2, 0.25) is 0 Å². The molecular weight excluding hydrogens is 218 g/mol. The number of benzene rings is 1. The number of rotatable bonds is 5. The molecule has 0 aromatic heterocycles. The summed E-state index contributed by atoms with van der Waals surface area (Å²) in [6.45, 7) is 4.54. The summed E-state index contributed by atoms with van der Waals surface area (Å²) in [6.07, 6.45) is 2.95. The van der Waals surface area contributed by atoms with Gasteiger partial charge in [0.1, 0.15) is 0 Å². The number of hydrogen-bond acceptors (Lipinski definition) is 3. The summed E-state index contributed by atoms with van der Waals surface area (Å²) >= 11 is 1.67. The summed E-state index contributed by atoms with van der Waals surface area (Å²) in [5.41, 5.74) is 7.94. The predicted octanol–water partition coefficient (Wildman–Crippen LogP) is 2.80. The van der Waals surface area contributed by atoms with Gasteiger partial charge in [-0.25, -0.2) is 0 Å². The smallest absolute Gasteiger partial charge is 0.0464 e. The number of aliphatic hydroxyl groups is 1. The van der Waals surface area contributed by atoms with E-state index in [9.17, 15) is 5.11 Å². The Bertz CT molecular complexity index is 339. The van der Waals surface area contributed by atoms with Crippen LogP contribution in [0, 0.1) is 11.8 Å². The zero-order chi connectivity index (χ0) is 12.1. The lowest BCUT2D eigenvalue weighted by Gasteiger charge is -2.18. The third-order valence-electron chi connectivity index (χ3n) is 2.97. The van der Waals surface area contributed by atoms with Crippen molar-refractivity contribution in [2.45, 2.75) is 25.2 Å². The van der Waals surface area contributed by atoms with E-state index in [1.165, 1.54) is 5.56 Å². The largest absolute Gasteiger partial charge is 0.398 e. The summed E-state index contributed by atoms with van der Waals surface area (Å²) in [5.74, 6) is 0.832. The summed E-state index contributed by atoms with van der Waals surface area (Å²) in [5, 5.41) is 9.31. The molecule has 3 heteroatoms. The Kier molecular flexibility index (Phi) is 5.16. The first-order valence-corrected chi connectivity index (χ1v) is 6.84. The maximum absolute atomic E-state index is 9.31. The molecule has 1 atom stereocenters. The van der Waals surface area contributed by atoms with E-state index in [0.29, 0.717) is 11.8 Å². The van der Waals surface area contributed by atoms with Gasteiger partial charge < -0.3 is 10.8 Å². The van der Waals surface area contributed by atoms with E-state index < -0.39 is 0 Å². The van der Waals surface area contributed by atoms with Crippen LogP contribution in [-0.2, 0) is 6.42 Å². The van der Waals surface area contributed by atoms with Crippen molar-refractivity contribution in [3.63, 3.8) is 0 Å². The molecule has 0 heterocycles. The molecule has 0 radical (unpaired) electrons. The molecule has 0 saturated carbocycles. The van der Waals surface area contributed by atoms with Crippen LogP contribution in [0.5, 0.6) is 0 Å². The van der Waals surface area contributed by atoms with Crippen LogP contribution in [0.3, 0.4) is 0 Å². The van der Waals surface area contributed by atoms with Gasteiger partial charge in [0.15, 0.2) is 0 Å². The van der Waals surface area contributed by atoms with E-state index >= 15 is 0 Å². The van der Waals surface area contributed by atoms with Gasteiger partial charge in [-0.05, 0) is 42.2 Å². The first kappa shape index (κ1) is 13.4. The molecule has 3 N–H and O–H groups in total. The van der Waals surface area contributed by atoms with E-state index in [2.05, 4.69) is 26.0 Å². The first-order chi connectivity index (χ1) is 7.58. The number of hydrogen-bond donors (Lipinski definition) is 2. The van der Waals surface area contributed by atoms with Crippen molar-refractivity contribution in [1.82, 2.24) is 0 Å². The van der Waals surface area contributed by atoms with Crippen molar-refractivity contribution in [3.05, 3.63) is 23.8 Å². The molecule has 0 aliphatic rings. The van der Waals surface area contributed by atoms with Crippen molar-refractivity contribution in [1.29, 1.82) is 0 Å². The third-order valence-corrected chi connectivity index (χ3v) is 3.77. The van der Waals surface area contributed by atoms with E-state index in [0.717, 1.165) is 17.0 Å². The number of anilines is 1. The molecule has 0 saturated heterocycles. The molecule has 1 aromatic rings. The average molecular weight is 239 g/mol. The molecule has 0 amide bonds. The Hall–Kier alpha value is -0.670. The zero-order valence-corrected chi connectivity index (χ0v) is 11.1. The third kappa shape index (κ3) is 3.42. The maximum Gasteiger partial charge on any atom is 0.0464 e. The molecule has 0 fully saturated rings. The van der Waals surface area contributed by atoms with Gasteiger partial charge in [0, 0.05) is 17.2 Å². The highest BCUT2D eigenvalue weighted by atomic mass is 32.2. The lowest BCUT2D eigenvalue weighted by Crippen LogP contribution is -2.16. The van der Waals surface area contributed by atoms with E-state index in [1.54, 1.807) is 11.8 Å². The van der Waals surface area contributed by atoms with Crippen molar-refractivity contribution in [3.8, 4) is 0 Å². The maximum atomic E-state index is 9.31. The Morgan fingerprint density at radius 1 is 1.38 bits per heavy atom. The van der Waals surface area contributed by atoms with Crippen molar-refractivity contribution in [2.75, 3.05) is 18.6 Å². The van der Waals surface area contributed by atoms with Crippen molar-refractivity contribution >= 4 is 17.4 Å². The molecule has 0 bridgehead atoms. The highest BCUT2D eigenvalue weighted by Gasteiger charge is 2.13. The standard InChI is InChI=1S/C13H21NOS/c1-9(2)11(8-15)6-10-4-5-12(14)13(7-10)16-3/h4-5,7,9,11,15H,6,8,14H2,1-3H3. The van der Waals surface area contributed by atoms with Crippen LogP contribution in [0.2, 0.25) is 0 Å². The fourth-order valence-corrected chi connectivity index (χ4v) is 2.27. The normalized spacial score (nSPS) is 13.1. The Morgan fingerprint density at radius 3 is 2.56 bits per heavy atom. The van der Waals surface area contributed by atoms with Crippen LogP contribution < -0.4 is 5.73 Å². The van der Waals surface area contributed by atoms with Crippen molar-refractivity contribution in [2.24, 2.45) is 11.8 Å². The summed E-state index contributed by atoms with van der Waals surface area (Å²) in [4.78, 5) is 1.12. The molecule has 2 nitrogen and oxygen atoms in total. The van der Waals surface area contributed by atoms with Crippen LogP contribution in [0.4, 0.5) is 5.69 Å². The Labute approximate surface area is 102 Å². The van der Waals surface area contributed by atoms with Crippen LogP contribution in [0.15, 0.2) is 23.1 Å². The van der Waals surface area contributed by atoms with Gasteiger partial charge in [0.05, 0.1) is 0 Å². The summed E-state index contributed by atoms with van der Waals surface area (Å²) in [7, 11) is 0. The highest BCUT2D eigenvalue weighted by Crippen LogP contribution is 2.26. The highest BCUT2D eigenvalue weighted by molar-refractivity contribution is 7.98. The van der Waals surface area contributed by atoms with Crippen LogP contribution in [-0.4, -0.2) is 18.0 Å². The predicted molar refractivity (Wildman–Crippen MR) is 71.8 cm³/mol. The summed E-state index contributed by atoms with van der Waals surface area (Å²) in [6, 6.07) is 6.14. The topological polar surface area (TPSA) is 46.2 Å². The van der Waals surface area contributed by atoms with Gasteiger partial charge in [-0.1, -0.05) is 19.9 Å². The molecule has 1 aromatic carbocycles. The van der Waals surface area contributed by atoms with E-state index in [1.807, 2.05) is 12.3 Å². The SMILES string of the molecule is CSc1cc(CC(CO)C(C)C)ccc1N. The van der Waals surface area contributed by atoms with E-state index in [-0.39, 0.29) is 6.61 Å². The minimum atomic E-state index is 0.247. The molecular formula is C13H21NOS. The van der Waals surface area contributed by atoms with Crippen LogP contribution >= 0.6 is 11.8 Å². The fraction of sp³-hybridized carbons (Fsp3) is 0.538. The lowest BCUT2D eigenvalue weighted by atomic mass is 9.90. The van der Waals surface area contributed by atoms with Gasteiger partial charge in [0.25, 0.3) is 0 Å². The van der Waals surface area contributed by atoms with E-state index in [4.69, 9.17) is 5.73 Å². The second-order valence-electron chi connectivity index (χ2n) is 4.47. The van der Waals surface area contributed by atoms with Crippen LogP contribution in [0.1, 0.15) is 19.4 Å². The van der Waals surface area contributed by atoms with Gasteiger partial charge in [-0.2, -0.15) is 0 Å². The lowest BCUT2D eigenvalue weighted by molar-refractivity contribution is 0.189. The molecule has 0 spiro atoms. The fourth-order valence-electron chi connectivity index (χ4n) is 1.70. The first-order valence-electron chi connectivity index (χ1n) is 5.61. The van der Waals surface area contributed by atoms with Gasteiger partial charge >= 0.3 is 0 Å². The minimum Gasteiger partial charge on any atom is -0.398 e. The number of nitrogen functional groups attached to an aromatic ring is 1. The van der Waals surface area contributed by atoms with Gasteiger partial charge in [-0.15, -0.1) is 11.8 Å². The van der Waals surface area contributed by atoms with Crippen LogP contribution in [0.25, 0.3) is 0 Å². The molecule has 16 heavy (non-hydrogen) atoms. The molecule has 90 valence electrons. The molecule has 0 aliphatic heterocycles. The second-order valence-corrected chi connectivity index (χ2v) is 5.32. The van der Waals surface area contributed by atoms with Gasteiger partial charge in [-0.3, -0.25) is 0 Å². The summed E-state index contributed by atoms with van der Waals surface area (Å²) < 4.78 is 0. The quantitative estimate of drug-likeness (QED) is 0.613. The Balaban J connectivity index is 2.80.